The summed E-state index contributed by atoms with van der Waals surface area (Å²) in [6.45, 7) is -0.135. The van der Waals surface area contributed by atoms with Crippen molar-refractivity contribution >= 4 is 29.1 Å². The number of carbonyl (C=O) groups excluding carboxylic acids is 1. The Morgan fingerprint density at radius 2 is 1.73 bits per heavy atom. The lowest BCUT2D eigenvalue weighted by atomic mass is 10.3. The molecule has 1 aromatic heterocycles. The highest BCUT2D eigenvalue weighted by atomic mass is 35.5. The second-order valence-electron chi connectivity index (χ2n) is 5.16. The number of aromatic nitrogens is 3. The molecule has 134 valence electrons. The molecule has 3 aromatic rings. The quantitative estimate of drug-likeness (QED) is 0.567. The van der Waals surface area contributed by atoms with Gasteiger partial charge in [-0.2, -0.15) is 4.98 Å². The van der Waals surface area contributed by atoms with Crippen molar-refractivity contribution in [1.82, 2.24) is 14.8 Å². The van der Waals surface area contributed by atoms with E-state index in [4.69, 9.17) is 26.8 Å². The number of hydrogen-bond acceptors (Lipinski definition) is 7. The van der Waals surface area contributed by atoms with Gasteiger partial charge >= 0.3 is 0 Å². The Bertz CT molecular complexity index is 880. The van der Waals surface area contributed by atoms with Gasteiger partial charge in [0.05, 0.1) is 0 Å². The van der Waals surface area contributed by atoms with E-state index in [1.54, 1.807) is 48.5 Å². The number of amides is 1. The van der Waals surface area contributed by atoms with E-state index in [-0.39, 0.29) is 23.6 Å². The third kappa shape index (κ3) is 4.70. The minimum atomic E-state index is -0.352. The van der Waals surface area contributed by atoms with Crippen molar-refractivity contribution in [2.24, 2.45) is 0 Å². The van der Waals surface area contributed by atoms with Crippen LogP contribution in [0.1, 0.15) is 0 Å². The maximum Gasteiger partial charge on any atom is 0.295 e. The zero-order valence-electron chi connectivity index (χ0n) is 13.3. The molecule has 0 unspecified atom stereocenters. The van der Waals surface area contributed by atoms with Crippen molar-refractivity contribution in [2.75, 3.05) is 10.5 Å². The zero-order valence-corrected chi connectivity index (χ0v) is 14.0. The van der Waals surface area contributed by atoms with E-state index in [0.717, 1.165) is 0 Å². The van der Waals surface area contributed by atoms with Crippen LogP contribution in [0.15, 0.2) is 54.9 Å². The van der Waals surface area contributed by atoms with Gasteiger partial charge in [0, 0.05) is 10.7 Å². The fraction of sp³-hybridized carbons (Fsp3) is 0.0625. The first-order valence-electron chi connectivity index (χ1n) is 7.40. The average Bonchev–Trinajstić information content (AvgIpc) is 3.07. The highest BCUT2D eigenvalue weighted by Crippen LogP contribution is 2.24. The second kappa shape index (κ2) is 7.83. The van der Waals surface area contributed by atoms with Gasteiger partial charge in [-0.25, -0.2) is 4.68 Å². The molecule has 0 aliphatic carbocycles. The standard InChI is InChI=1S/C16H14ClN5O4/c17-11-1-5-13(6-2-11)26-14-7-3-12(4-8-14)19-15(23)9-21-10-18-16(20-21)22(24)25/h1-8,10,24-25H,9H2,(H,19,23). The minimum Gasteiger partial charge on any atom is -0.457 e. The van der Waals surface area contributed by atoms with Gasteiger partial charge in [0.15, 0.2) is 0 Å². The Balaban J connectivity index is 1.56. The molecule has 0 saturated heterocycles. The number of anilines is 2. The first-order valence-corrected chi connectivity index (χ1v) is 7.78. The summed E-state index contributed by atoms with van der Waals surface area (Å²) in [5, 5.41) is 24.4. The molecule has 3 N–H and O–H groups in total. The van der Waals surface area contributed by atoms with Crippen molar-refractivity contribution in [3.8, 4) is 11.5 Å². The third-order valence-corrected chi connectivity index (χ3v) is 3.45. The lowest BCUT2D eigenvalue weighted by Crippen LogP contribution is -2.19. The van der Waals surface area contributed by atoms with Gasteiger partial charge in [0.25, 0.3) is 5.95 Å². The van der Waals surface area contributed by atoms with E-state index in [0.29, 0.717) is 22.2 Å². The summed E-state index contributed by atoms with van der Waals surface area (Å²) in [7, 11) is 0. The summed E-state index contributed by atoms with van der Waals surface area (Å²) in [6.07, 6.45) is 1.21. The van der Waals surface area contributed by atoms with Crippen LogP contribution in [0.25, 0.3) is 0 Å². The first-order chi connectivity index (χ1) is 12.5. The molecule has 2 aromatic carbocycles. The van der Waals surface area contributed by atoms with Gasteiger partial charge in [0.2, 0.25) is 5.91 Å². The van der Waals surface area contributed by atoms with Gasteiger partial charge in [0.1, 0.15) is 24.4 Å². The second-order valence-corrected chi connectivity index (χ2v) is 5.60. The molecule has 9 nitrogen and oxygen atoms in total. The summed E-state index contributed by atoms with van der Waals surface area (Å²) in [4.78, 5) is 15.6. The highest BCUT2D eigenvalue weighted by Gasteiger charge is 2.09. The Labute approximate surface area is 152 Å². The zero-order chi connectivity index (χ0) is 18.5. The number of carbonyl (C=O) groups is 1. The van der Waals surface area contributed by atoms with Gasteiger partial charge < -0.3 is 10.1 Å². The predicted molar refractivity (Wildman–Crippen MR) is 92.7 cm³/mol. The van der Waals surface area contributed by atoms with Crippen molar-refractivity contribution < 1.29 is 19.9 Å². The topological polar surface area (TPSA) is 113 Å². The van der Waals surface area contributed by atoms with Crippen LogP contribution in [-0.4, -0.2) is 31.1 Å². The smallest absolute Gasteiger partial charge is 0.295 e. The molecule has 0 fully saturated rings. The Morgan fingerprint density at radius 3 is 2.31 bits per heavy atom. The molecule has 0 spiro atoms. The van der Waals surface area contributed by atoms with Crippen LogP contribution in [0.3, 0.4) is 0 Å². The van der Waals surface area contributed by atoms with Gasteiger partial charge in [-0.15, -0.1) is 5.10 Å². The number of ether oxygens (including phenoxy) is 1. The molecule has 0 aliphatic rings. The lowest BCUT2D eigenvalue weighted by Gasteiger charge is -2.08. The Kier molecular flexibility index (Phi) is 5.32. The molecule has 0 radical (unpaired) electrons. The third-order valence-electron chi connectivity index (χ3n) is 3.20. The molecular formula is C16H14ClN5O4. The van der Waals surface area contributed by atoms with Crippen LogP contribution in [0.4, 0.5) is 11.6 Å². The highest BCUT2D eigenvalue weighted by molar-refractivity contribution is 6.30. The van der Waals surface area contributed by atoms with Crippen molar-refractivity contribution in [3.05, 3.63) is 59.9 Å². The summed E-state index contributed by atoms with van der Waals surface area (Å²) >= 11 is 5.83. The molecule has 0 saturated carbocycles. The van der Waals surface area contributed by atoms with Gasteiger partial charge in [-0.05, 0) is 48.5 Å². The number of halogens is 1. The maximum absolute atomic E-state index is 12.0. The fourth-order valence-corrected chi connectivity index (χ4v) is 2.17. The Morgan fingerprint density at radius 1 is 1.12 bits per heavy atom. The van der Waals surface area contributed by atoms with Crippen molar-refractivity contribution in [2.45, 2.75) is 6.54 Å². The first kappa shape index (κ1) is 17.7. The maximum atomic E-state index is 12.0. The van der Waals surface area contributed by atoms with Crippen LogP contribution in [0.2, 0.25) is 5.02 Å². The molecule has 1 amide bonds. The minimum absolute atomic E-state index is 0.135. The monoisotopic (exact) mass is 375 g/mol. The largest absolute Gasteiger partial charge is 0.457 e. The summed E-state index contributed by atoms with van der Waals surface area (Å²) < 4.78 is 6.84. The molecule has 0 bridgehead atoms. The number of hydrogen-bond donors (Lipinski definition) is 3. The molecular weight excluding hydrogens is 362 g/mol. The van der Waals surface area contributed by atoms with E-state index < -0.39 is 0 Å². The van der Waals surface area contributed by atoms with Crippen LogP contribution in [-0.2, 0) is 11.3 Å². The summed E-state index contributed by atoms with van der Waals surface area (Å²) in [5.41, 5.74) is 0.574. The van der Waals surface area contributed by atoms with Crippen molar-refractivity contribution in [1.29, 1.82) is 0 Å². The Hall–Kier alpha value is -3.14. The fourth-order valence-electron chi connectivity index (χ4n) is 2.05. The molecule has 0 aliphatic heterocycles. The van der Waals surface area contributed by atoms with Gasteiger partial charge in [-0.1, -0.05) is 16.8 Å². The number of nitrogens with one attached hydrogen (secondary N) is 1. The van der Waals surface area contributed by atoms with Crippen molar-refractivity contribution in [3.63, 3.8) is 0 Å². The molecule has 26 heavy (non-hydrogen) atoms. The number of rotatable bonds is 6. The van der Waals surface area contributed by atoms with E-state index in [1.165, 1.54) is 11.0 Å². The van der Waals surface area contributed by atoms with E-state index in [2.05, 4.69) is 15.4 Å². The molecule has 0 atom stereocenters. The number of benzene rings is 2. The summed E-state index contributed by atoms with van der Waals surface area (Å²) in [6, 6.07) is 13.8. The van der Waals surface area contributed by atoms with E-state index >= 15 is 0 Å². The SMILES string of the molecule is O=C(Cn1cnc(N(O)O)n1)Nc1ccc(Oc2ccc(Cl)cc2)cc1. The molecule has 10 heteroatoms. The van der Waals surface area contributed by atoms with Crippen LogP contribution in [0.5, 0.6) is 11.5 Å². The summed E-state index contributed by atoms with van der Waals surface area (Å²) in [5.74, 6) is 0.573. The van der Waals surface area contributed by atoms with E-state index in [9.17, 15) is 4.79 Å². The number of nitrogens with zero attached hydrogens (tertiary/aromatic N) is 4. The predicted octanol–water partition coefficient (Wildman–Crippen LogP) is 2.95. The van der Waals surface area contributed by atoms with Crippen LogP contribution < -0.4 is 15.3 Å². The van der Waals surface area contributed by atoms with Crippen LogP contribution in [0, 0.1) is 0 Å². The normalized spacial score (nSPS) is 10.4. The lowest BCUT2D eigenvalue weighted by molar-refractivity contribution is -0.116. The van der Waals surface area contributed by atoms with Gasteiger partial charge in [-0.3, -0.25) is 15.2 Å². The average molecular weight is 376 g/mol. The molecule has 3 rings (SSSR count). The van der Waals surface area contributed by atoms with Crippen LogP contribution >= 0.6 is 11.6 Å². The van der Waals surface area contributed by atoms with E-state index in [1.807, 2.05) is 0 Å². The molecule has 1 heterocycles.